The average Bonchev–Trinajstić information content (AvgIpc) is 3.08. The molecule has 2 amide bonds. The van der Waals surface area contributed by atoms with Crippen LogP contribution in [0.4, 0.5) is 4.79 Å². The molecule has 2 rings (SSSR count). The number of nitrogens with two attached hydrogens (primary N) is 2. The van der Waals surface area contributed by atoms with Gasteiger partial charge in [0.15, 0.2) is 0 Å². The number of carbonyl (C=O) groups excluding carboxylic acids is 2. The van der Waals surface area contributed by atoms with Crippen molar-refractivity contribution in [3.05, 3.63) is 35.9 Å². The molecule has 1 aliphatic rings. The minimum Gasteiger partial charge on any atom is -0.444 e. The van der Waals surface area contributed by atoms with Gasteiger partial charge in [0.05, 0.1) is 6.10 Å². The van der Waals surface area contributed by atoms with Gasteiger partial charge in [-0.1, -0.05) is 30.3 Å². The van der Waals surface area contributed by atoms with Crippen LogP contribution in [0, 0.1) is 10.8 Å². The standard InChI is InChI=1S/C24H40N4O4.N2/c1-22(2,3)28-15-17(27-21(31)32-23(4,5)6)13-24(28,20(26)30)14-19(29)18(25)12-16-10-8-7-9-11-16;1-2/h7-11,17-19,29H,12-15,25H2,1-6H3,(H2,26,30)(H,27,31);/t17-,18+,19-,24-;/m1./s1. The number of hydrogen-bond donors (Lipinski definition) is 4. The first-order valence-corrected chi connectivity index (χ1v) is 11.4. The van der Waals surface area contributed by atoms with Crippen LogP contribution in [-0.2, 0) is 16.0 Å². The summed E-state index contributed by atoms with van der Waals surface area (Å²) in [5, 5.41) is 25.9. The first kappa shape index (κ1) is 29.3. The quantitative estimate of drug-likeness (QED) is 0.431. The molecule has 6 N–H and O–H groups in total. The first-order chi connectivity index (χ1) is 15.6. The molecule has 0 unspecified atom stereocenters. The van der Waals surface area contributed by atoms with E-state index >= 15 is 0 Å². The van der Waals surface area contributed by atoms with E-state index in [0.717, 1.165) is 5.56 Å². The molecule has 1 saturated heterocycles. The van der Waals surface area contributed by atoms with Crippen LogP contribution >= 0.6 is 0 Å². The first-order valence-electron chi connectivity index (χ1n) is 11.4. The van der Waals surface area contributed by atoms with E-state index in [2.05, 4.69) is 5.32 Å². The zero-order valence-corrected chi connectivity index (χ0v) is 21.1. The van der Waals surface area contributed by atoms with Crippen LogP contribution in [0.25, 0.3) is 0 Å². The largest absolute Gasteiger partial charge is 0.444 e. The Hall–Kier alpha value is -2.74. The minimum absolute atomic E-state index is 0.0834. The highest BCUT2D eigenvalue weighted by molar-refractivity contribution is 5.85. The van der Waals surface area contributed by atoms with Crippen molar-refractivity contribution in [2.24, 2.45) is 11.5 Å². The van der Waals surface area contributed by atoms with Crippen molar-refractivity contribution in [3.8, 4) is 0 Å². The zero-order valence-electron chi connectivity index (χ0n) is 21.1. The Kier molecular flexibility index (Phi) is 9.99. The van der Waals surface area contributed by atoms with E-state index in [-0.39, 0.29) is 18.9 Å². The van der Waals surface area contributed by atoms with Crippen LogP contribution in [-0.4, -0.2) is 63.4 Å². The fourth-order valence-corrected chi connectivity index (χ4v) is 4.51. The van der Waals surface area contributed by atoms with Crippen LogP contribution < -0.4 is 16.8 Å². The molecular weight excluding hydrogens is 436 g/mol. The number of aliphatic hydroxyl groups is 1. The third-order valence-electron chi connectivity index (χ3n) is 5.85. The summed E-state index contributed by atoms with van der Waals surface area (Å²) in [4.78, 5) is 27.2. The molecule has 10 heteroatoms. The Bertz CT molecular complexity index is 833. The number of aliphatic hydroxyl groups excluding tert-OH is 1. The van der Waals surface area contributed by atoms with Gasteiger partial charge in [0, 0.05) is 41.4 Å². The highest BCUT2D eigenvalue weighted by Crippen LogP contribution is 2.39. The second kappa shape index (κ2) is 11.6. The van der Waals surface area contributed by atoms with Crippen LogP contribution in [0.5, 0.6) is 0 Å². The molecule has 34 heavy (non-hydrogen) atoms. The fourth-order valence-electron chi connectivity index (χ4n) is 4.51. The topological polar surface area (TPSA) is 178 Å². The van der Waals surface area contributed by atoms with Crippen molar-refractivity contribution in [3.63, 3.8) is 0 Å². The lowest BCUT2D eigenvalue weighted by atomic mass is 9.82. The molecule has 1 fully saturated rings. The van der Waals surface area contributed by atoms with E-state index in [1.807, 2.05) is 56.0 Å². The normalized spacial score (nSPS) is 22.7. The lowest BCUT2D eigenvalue weighted by Gasteiger charge is -2.45. The van der Waals surface area contributed by atoms with Crippen molar-refractivity contribution in [2.75, 3.05) is 6.54 Å². The number of amides is 2. The van der Waals surface area contributed by atoms with Gasteiger partial charge in [-0.3, -0.25) is 9.69 Å². The Balaban J connectivity index is 0.00000281. The summed E-state index contributed by atoms with van der Waals surface area (Å²) in [7, 11) is 0. The maximum Gasteiger partial charge on any atom is 0.407 e. The second-order valence-electron chi connectivity index (χ2n) is 10.8. The predicted octanol–water partition coefficient (Wildman–Crippen LogP) is 1.96. The summed E-state index contributed by atoms with van der Waals surface area (Å²) in [6.07, 6.45) is -0.661. The summed E-state index contributed by atoms with van der Waals surface area (Å²) in [6, 6.07) is 8.75. The summed E-state index contributed by atoms with van der Waals surface area (Å²) in [6.45, 7) is 11.7. The number of hydrogen-bond acceptors (Lipinski definition) is 8. The molecule has 0 bridgehead atoms. The van der Waals surface area contributed by atoms with E-state index in [0.29, 0.717) is 13.0 Å². The lowest BCUT2D eigenvalue weighted by Crippen LogP contribution is -2.62. The highest BCUT2D eigenvalue weighted by Gasteiger charge is 2.55. The van der Waals surface area contributed by atoms with Crippen molar-refractivity contribution in [2.45, 2.75) is 95.7 Å². The van der Waals surface area contributed by atoms with Gasteiger partial charge in [0.25, 0.3) is 0 Å². The van der Waals surface area contributed by atoms with Crippen LogP contribution in [0.15, 0.2) is 30.3 Å². The van der Waals surface area contributed by atoms with E-state index < -0.39 is 40.8 Å². The molecule has 0 radical (unpaired) electrons. The number of nitrogens with one attached hydrogen (secondary N) is 1. The number of rotatable bonds is 7. The van der Waals surface area contributed by atoms with Gasteiger partial charge in [-0.15, -0.1) is 0 Å². The van der Waals surface area contributed by atoms with E-state index in [9.17, 15) is 14.7 Å². The SMILES string of the molecule is CC(C)(C)OC(=O)N[C@H]1CN(C(C)(C)C)[C@](C[C@@H](O)[C@@H](N)Cc2ccccc2)(C(N)=O)C1.N#N. The van der Waals surface area contributed by atoms with Crippen LogP contribution in [0.1, 0.15) is 59.9 Å². The third-order valence-corrected chi connectivity index (χ3v) is 5.85. The van der Waals surface area contributed by atoms with Crippen molar-refractivity contribution < 1.29 is 19.4 Å². The van der Waals surface area contributed by atoms with Gasteiger partial charge in [0.2, 0.25) is 5.91 Å². The maximum atomic E-state index is 12.8. The van der Waals surface area contributed by atoms with E-state index in [4.69, 9.17) is 27.0 Å². The number of carbonyl (C=O) groups is 2. The monoisotopic (exact) mass is 476 g/mol. The van der Waals surface area contributed by atoms with E-state index in [1.165, 1.54) is 0 Å². The van der Waals surface area contributed by atoms with Gasteiger partial charge in [0.1, 0.15) is 11.1 Å². The average molecular weight is 477 g/mol. The van der Waals surface area contributed by atoms with Gasteiger partial charge < -0.3 is 26.6 Å². The molecule has 4 atom stereocenters. The smallest absolute Gasteiger partial charge is 0.407 e. The molecule has 0 spiro atoms. The Morgan fingerprint density at radius 3 is 2.24 bits per heavy atom. The maximum absolute atomic E-state index is 12.8. The van der Waals surface area contributed by atoms with Crippen LogP contribution in [0.2, 0.25) is 0 Å². The molecule has 10 nitrogen and oxygen atoms in total. The highest BCUT2D eigenvalue weighted by atomic mass is 16.6. The van der Waals surface area contributed by atoms with Gasteiger partial charge in [-0.05, 0) is 59.9 Å². The van der Waals surface area contributed by atoms with Gasteiger partial charge >= 0.3 is 6.09 Å². The summed E-state index contributed by atoms with van der Waals surface area (Å²) in [5.41, 5.74) is 11.1. The Labute approximate surface area is 202 Å². The molecule has 1 aromatic rings. The summed E-state index contributed by atoms with van der Waals surface area (Å²) in [5.74, 6) is -0.535. The van der Waals surface area contributed by atoms with Crippen LogP contribution in [0.3, 0.4) is 0 Å². The Morgan fingerprint density at radius 1 is 1.21 bits per heavy atom. The van der Waals surface area contributed by atoms with Crippen molar-refractivity contribution >= 4 is 12.0 Å². The summed E-state index contributed by atoms with van der Waals surface area (Å²) >= 11 is 0. The number of primary amides is 1. The minimum atomic E-state index is -1.15. The molecular formula is C24H40N6O4. The van der Waals surface area contributed by atoms with Gasteiger partial charge in [-0.25, -0.2) is 4.79 Å². The van der Waals surface area contributed by atoms with Crippen molar-refractivity contribution in [1.82, 2.24) is 10.2 Å². The third kappa shape index (κ3) is 7.94. The molecule has 1 aliphatic heterocycles. The Morgan fingerprint density at radius 2 is 1.76 bits per heavy atom. The molecule has 0 aromatic heterocycles. The molecule has 190 valence electrons. The lowest BCUT2D eigenvalue weighted by molar-refractivity contribution is -0.134. The predicted molar refractivity (Wildman–Crippen MR) is 128 cm³/mol. The molecule has 1 heterocycles. The number of likely N-dealkylation sites (tertiary alicyclic amines) is 1. The fraction of sp³-hybridized carbons (Fsp3) is 0.667. The molecule has 0 saturated carbocycles. The number of alkyl carbamates (subject to hydrolysis) is 1. The van der Waals surface area contributed by atoms with Gasteiger partial charge in [-0.2, -0.15) is 0 Å². The number of ether oxygens (including phenoxy) is 1. The zero-order chi connectivity index (χ0) is 26.3. The summed E-state index contributed by atoms with van der Waals surface area (Å²) < 4.78 is 5.38. The van der Waals surface area contributed by atoms with E-state index in [1.54, 1.807) is 20.8 Å². The van der Waals surface area contributed by atoms with Crippen molar-refractivity contribution in [1.29, 1.82) is 10.8 Å². The second-order valence-corrected chi connectivity index (χ2v) is 10.8. The number of benzene rings is 1. The molecule has 0 aliphatic carbocycles. The number of nitrogens with zero attached hydrogens (tertiary/aromatic N) is 3. The molecule has 1 aromatic carbocycles.